The third kappa shape index (κ3) is 3.45. The van der Waals surface area contributed by atoms with Crippen molar-refractivity contribution in [2.24, 2.45) is 0 Å². The van der Waals surface area contributed by atoms with Crippen molar-refractivity contribution in [2.75, 3.05) is 13.2 Å². The number of hydrogen-bond donors (Lipinski definition) is 1. The van der Waals surface area contributed by atoms with Crippen LogP contribution in [0.2, 0.25) is 0 Å². The molecule has 4 rings (SSSR count). The van der Waals surface area contributed by atoms with Crippen LogP contribution in [0.5, 0.6) is 11.5 Å². The van der Waals surface area contributed by atoms with Gasteiger partial charge in [0.2, 0.25) is 0 Å². The Hall–Kier alpha value is -3.08. The minimum atomic E-state index is -0.0817. The van der Waals surface area contributed by atoms with Gasteiger partial charge in [-0.15, -0.1) is 0 Å². The highest BCUT2D eigenvalue weighted by Crippen LogP contribution is 2.35. The molecule has 5 nitrogen and oxygen atoms in total. The fraction of sp³-hybridized carbons (Fsp3) is 0.273. The fourth-order valence-electron chi connectivity index (χ4n) is 3.12. The Morgan fingerprint density at radius 2 is 1.89 bits per heavy atom. The number of nitrogens with one attached hydrogen (secondary N) is 1. The smallest absolute Gasteiger partial charge is 0.252 e. The van der Waals surface area contributed by atoms with E-state index in [4.69, 9.17) is 14.5 Å². The van der Waals surface area contributed by atoms with E-state index in [0.717, 1.165) is 34.3 Å². The minimum Gasteiger partial charge on any atom is -0.486 e. The summed E-state index contributed by atoms with van der Waals surface area (Å²) in [6, 6.07) is 15.4. The molecule has 1 aliphatic rings. The van der Waals surface area contributed by atoms with Crippen molar-refractivity contribution in [2.45, 2.75) is 26.3 Å². The molecule has 0 bridgehead atoms. The Balaban J connectivity index is 1.81. The Kier molecular flexibility index (Phi) is 4.67. The van der Waals surface area contributed by atoms with Crippen LogP contribution in [-0.2, 0) is 0 Å². The number of carbonyl (C=O) groups is 1. The van der Waals surface area contributed by atoms with Gasteiger partial charge >= 0.3 is 0 Å². The average Bonchev–Trinajstić information content (AvgIpc) is 2.72. The Morgan fingerprint density at radius 3 is 2.70 bits per heavy atom. The highest BCUT2D eigenvalue weighted by atomic mass is 16.6. The number of fused-ring (bicyclic) bond motifs is 2. The van der Waals surface area contributed by atoms with Crippen molar-refractivity contribution in [3.05, 3.63) is 54.1 Å². The molecular weight excluding hydrogens is 340 g/mol. The van der Waals surface area contributed by atoms with Crippen LogP contribution in [-0.4, -0.2) is 30.1 Å². The van der Waals surface area contributed by atoms with Gasteiger partial charge in [-0.1, -0.05) is 25.1 Å². The number of benzene rings is 2. The first-order valence-electron chi connectivity index (χ1n) is 9.26. The van der Waals surface area contributed by atoms with Gasteiger partial charge in [-0.2, -0.15) is 0 Å². The predicted molar refractivity (Wildman–Crippen MR) is 105 cm³/mol. The SMILES string of the molecule is CCC(C)NC(=O)c1cc(-c2ccc3c(c2)OCCO3)nc2ccccc12. The van der Waals surface area contributed by atoms with E-state index >= 15 is 0 Å². The standard InChI is InChI=1S/C22H22N2O3/c1-3-14(2)23-22(25)17-13-19(24-18-7-5-4-6-16(17)18)15-8-9-20-21(12-15)27-11-10-26-20/h4-9,12-14H,3,10-11H2,1-2H3,(H,23,25). The maximum atomic E-state index is 12.9. The van der Waals surface area contributed by atoms with E-state index in [0.29, 0.717) is 24.5 Å². The van der Waals surface area contributed by atoms with Crippen molar-refractivity contribution >= 4 is 16.8 Å². The normalized spacial score (nSPS) is 14.0. The molecule has 2 heterocycles. The summed E-state index contributed by atoms with van der Waals surface area (Å²) in [7, 11) is 0. The van der Waals surface area contributed by atoms with Crippen molar-refractivity contribution < 1.29 is 14.3 Å². The summed E-state index contributed by atoms with van der Waals surface area (Å²) in [4.78, 5) is 17.6. The third-order valence-corrected chi connectivity index (χ3v) is 4.79. The molecule has 2 aromatic carbocycles. The Labute approximate surface area is 158 Å². The minimum absolute atomic E-state index is 0.0817. The number of amides is 1. The van der Waals surface area contributed by atoms with E-state index in [1.54, 1.807) is 0 Å². The number of nitrogens with zero attached hydrogens (tertiary/aromatic N) is 1. The van der Waals surface area contributed by atoms with Crippen LogP contribution in [0.3, 0.4) is 0 Å². The zero-order chi connectivity index (χ0) is 18.8. The van der Waals surface area contributed by atoms with E-state index < -0.39 is 0 Å². The van der Waals surface area contributed by atoms with E-state index in [9.17, 15) is 4.79 Å². The van der Waals surface area contributed by atoms with Crippen molar-refractivity contribution in [3.8, 4) is 22.8 Å². The molecule has 1 N–H and O–H groups in total. The monoisotopic (exact) mass is 362 g/mol. The number of rotatable bonds is 4. The number of para-hydroxylation sites is 1. The zero-order valence-electron chi connectivity index (χ0n) is 15.5. The molecular formula is C22H22N2O3. The van der Waals surface area contributed by atoms with Crippen molar-refractivity contribution in [1.29, 1.82) is 0 Å². The summed E-state index contributed by atoms with van der Waals surface area (Å²) in [6.07, 6.45) is 0.879. The number of pyridine rings is 1. The molecule has 0 aliphatic carbocycles. The molecule has 0 radical (unpaired) electrons. The summed E-state index contributed by atoms with van der Waals surface area (Å²) in [5, 5.41) is 3.90. The second-order valence-electron chi connectivity index (χ2n) is 6.71. The van der Waals surface area contributed by atoms with E-state index in [2.05, 4.69) is 12.2 Å². The summed E-state index contributed by atoms with van der Waals surface area (Å²) in [6.45, 7) is 5.14. The van der Waals surface area contributed by atoms with E-state index in [-0.39, 0.29) is 11.9 Å². The first-order chi connectivity index (χ1) is 13.2. The highest BCUT2D eigenvalue weighted by molar-refractivity contribution is 6.07. The molecule has 3 aromatic rings. The average molecular weight is 362 g/mol. The zero-order valence-corrected chi connectivity index (χ0v) is 15.5. The van der Waals surface area contributed by atoms with Gasteiger partial charge in [-0.3, -0.25) is 4.79 Å². The molecule has 1 amide bonds. The molecule has 0 fully saturated rings. The Bertz CT molecular complexity index is 1000. The number of hydrogen-bond acceptors (Lipinski definition) is 4. The van der Waals surface area contributed by atoms with Crippen LogP contribution in [0.25, 0.3) is 22.2 Å². The molecule has 5 heteroatoms. The predicted octanol–water partition coefficient (Wildman–Crippen LogP) is 4.20. The number of carbonyl (C=O) groups excluding carboxylic acids is 1. The van der Waals surface area contributed by atoms with E-state index in [1.807, 2.05) is 55.5 Å². The molecule has 27 heavy (non-hydrogen) atoms. The van der Waals surface area contributed by atoms with Gasteiger partial charge < -0.3 is 14.8 Å². The second kappa shape index (κ2) is 7.27. The van der Waals surface area contributed by atoms with Gasteiger partial charge in [0.1, 0.15) is 13.2 Å². The largest absolute Gasteiger partial charge is 0.486 e. The summed E-state index contributed by atoms with van der Waals surface area (Å²) < 4.78 is 11.3. The number of ether oxygens (including phenoxy) is 2. The Morgan fingerprint density at radius 1 is 1.11 bits per heavy atom. The lowest BCUT2D eigenvalue weighted by Gasteiger charge is -2.19. The van der Waals surface area contributed by atoms with Gasteiger partial charge in [0, 0.05) is 17.0 Å². The van der Waals surface area contributed by atoms with Crippen molar-refractivity contribution in [1.82, 2.24) is 10.3 Å². The molecule has 138 valence electrons. The molecule has 0 saturated heterocycles. The van der Waals surface area contributed by atoms with Crippen molar-refractivity contribution in [3.63, 3.8) is 0 Å². The maximum Gasteiger partial charge on any atom is 0.252 e. The topological polar surface area (TPSA) is 60.5 Å². The quantitative estimate of drug-likeness (QED) is 0.756. The lowest BCUT2D eigenvalue weighted by Crippen LogP contribution is -2.32. The van der Waals surface area contributed by atoms with Gasteiger partial charge in [0.25, 0.3) is 5.91 Å². The van der Waals surface area contributed by atoms with Gasteiger partial charge in [-0.25, -0.2) is 4.98 Å². The molecule has 1 aliphatic heterocycles. The van der Waals surface area contributed by atoms with Gasteiger partial charge in [-0.05, 0) is 43.7 Å². The van der Waals surface area contributed by atoms with Crippen LogP contribution in [0.15, 0.2) is 48.5 Å². The first kappa shape index (κ1) is 17.3. The summed E-state index contributed by atoms with van der Waals surface area (Å²) >= 11 is 0. The maximum absolute atomic E-state index is 12.9. The molecule has 1 aromatic heterocycles. The number of aromatic nitrogens is 1. The molecule has 0 saturated carbocycles. The third-order valence-electron chi connectivity index (χ3n) is 4.79. The van der Waals surface area contributed by atoms with Crippen LogP contribution in [0.4, 0.5) is 0 Å². The van der Waals surface area contributed by atoms with Crippen LogP contribution in [0, 0.1) is 0 Å². The lowest BCUT2D eigenvalue weighted by atomic mass is 10.0. The molecule has 0 spiro atoms. The van der Waals surface area contributed by atoms with Gasteiger partial charge in [0.15, 0.2) is 11.5 Å². The van der Waals surface area contributed by atoms with Gasteiger partial charge in [0.05, 0.1) is 16.8 Å². The van der Waals surface area contributed by atoms with Crippen LogP contribution < -0.4 is 14.8 Å². The van der Waals surface area contributed by atoms with Crippen LogP contribution >= 0.6 is 0 Å². The molecule has 1 atom stereocenters. The molecule has 1 unspecified atom stereocenters. The van der Waals surface area contributed by atoms with Crippen LogP contribution in [0.1, 0.15) is 30.6 Å². The summed E-state index contributed by atoms with van der Waals surface area (Å²) in [5.41, 5.74) is 3.05. The fourth-order valence-corrected chi connectivity index (χ4v) is 3.12. The second-order valence-corrected chi connectivity index (χ2v) is 6.71. The lowest BCUT2D eigenvalue weighted by molar-refractivity contribution is 0.0941. The van der Waals surface area contributed by atoms with E-state index in [1.165, 1.54) is 0 Å². The highest BCUT2D eigenvalue weighted by Gasteiger charge is 2.17. The summed E-state index contributed by atoms with van der Waals surface area (Å²) in [5.74, 6) is 1.36. The first-order valence-corrected chi connectivity index (χ1v) is 9.26.